The number of hydrogen-bond acceptors (Lipinski definition) is 4. The van der Waals surface area contributed by atoms with E-state index in [0.29, 0.717) is 12.1 Å². The van der Waals surface area contributed by atoms with Crippen molar-refractivity contribution in [1.29, 1.82) is 0 Å². The second-order valence-electron chi connectivity index (χ2n) is 5.73. The van der Waals surface area contributed by atoms with Crippen LogP contribution in [0.4, 0.5) is 17.6 Å². The largest absolute Gasteiger partial charge is 0.491 e. The van der Waals surface area contributed by atoms with E-state index in [1.807, 2.05) is 0 Å². The maximum absolute atomic E-state index is 12.8. The Bertz CT molecular complexity index is 478. The van der Waals surface area contributed by atoms with Gasteiger partial charge in [0.1, 0.15) is 5.82 Å². The van der Waals surface area contributed by atoms with Crippen molar-refractivity contribution >= 4 is 12.6 Å². The SMILES string of the molecule is CC(C)(O)C(C)(C)O.OB(O)c1ccc(C(F)(F)F)cc1F. The van der Waals surface area contributed by atoms with Crippen LogP contribution in [0.25, 0.3) is 0 Å². The van der Waals surface area contributed by atoms with Crippen molar-refractivity contribution in [1.82, 2.24) is 0 Å². The van der Waals surface area contributed by atoms with Gasteiger partial charge >= 0.3 is 13.3 Å². The normalized spacial score (nSPS) is 12.5. The van der Waals surface area contributed by atoms with Crippen LogP contribution in [0.2, 0.25) is 0 Å². The lowest BCUT2D eigenvalue weighted by molar-refractivity contribution is -0.137. The topological polar surface area (TPSA) is 80.9 Å². The van der Waals surface area contributed by atoms with Crippen molar-refractivity contribution in [3.63, 3.8) is 0 Å². The molecule has 0 atom stereocenters. The summed E-state index contributed by atoms with van der Waals surface area (Å²) in [6.07, 6.45) is -4.64. The summed E-state index contributed by atoms with van der Waals surface area (Å²) in [5.41, 5.74) is -3.77. The highest BCUT2D eigenvalue weighted by Crippen LogP contribution is 2.28. The Labute approximate surface area is 126 Å². The van der Waals surface area contributed by atoms with Crippen LogP contribution < -0.4 is 5.46 Å². The summed E-state index contributed by atoms with van der Waals surface area (Å²) in [6.45, 7) is 6.31. The Morgan fingerprint density at radius 1 is 0.909 bits per heavy atom. The van der Waals surface area contributed by atoms with Gasteiger partial charge in [-0.15, -0.1) is 0 Å². The van der Waals surface area contributed by atoms with Gasteiger partial charge in [-0.2, -0.15) is 13.2 Å². The van der Waals surface area contributed by atoms with Gasteiger partial charge in [-0.25, -0.2) is 4.39 Å². The summed E-state index contributed by atoms with van der Waals surface area (Å²) in [6, 6.07) is 1.48. The summed E-state index contributed by atoms with van der Waals surface area (Å²) >= 11 is 0. The number of alkyl halides is 3. The molecular weight excluding hydrogens is 307 g/mol. The number of hydrogen-bond donors (Lipinski definition) is 4. The van der Waals surface area contributed by atoms with E-state index in [9.17, 15) is 17.6 Å². The third kappa shape index (κ3) is 6.31. The molecule has 0 aliphatic rings. The molecule has 22 heavy (non-hydrogen) atoms. The minimum Gasteiger partial charge on any atom is -0.423 e. The maximum Gasteiger partial charge on any atom is 0.491 e. The average molecular weight is 326 g/mol. The molecule has 9 heteroatoms. The van der Waals surface area contributed by atoms with E-state index in [1.54, 1.807) is 27.7 Å². The molecule has 0 heterocycles. The highest BCUT2D eigenvalue weighted by molar-refractivity contribution is 6.58. The molecule has 1 aromatic rings. The zero-order valence-corrected chi connectivity index (χ0v) is 12.6. The Morgan fingerprint density at radius 3 is 1.55 bits per heavy atom. The monoisotopic (exact) mass is 326 g/mol. The van der Waals surface area contributed by atoms with Gasteiger partial charge in [0.2, 0.25) is 0 Å². The molecule has 4 nitrogen and oxygen atoms in total. The molecule has 0 radical (unpaired) electrons. The molecule has 0 fully saturated rings. The third-order valence-corrected chi connectivity index (χ3v) is 3.10. The summed E-state index contributed by atoms with van der Waals surface area (Å²) in [5.74, 6) is -1.30. The molecule has 1 rings (SSSR count). The molecule has 0 aromatic heterocycles. The number of aliphatic hydroxyl groups is 2. The van der Waals surface area contributed by atoms with E-state index in [1.165, 1.54) is 0 Å². The fourth-order valence-corrected chi connectivity index (χ4v) is 0.913. The van der Waals surface area contributed by atoms with E-state index < -0.39 is 41.3 Å². The molecule has 0 amide bonds. The predicted molar refractivity (Wildman–Crippen MR) is 73.8 cm³/mol. The molecule has 0 bridgehead atoms. The fraction of sp³-hybridized carbons (Fsp3) is 0.538. The summed E-state index contributed by atoms with van der Waals surface area (Å²) in [5, 5.41) is 35.3. The van der Waals surface area contributed by atoms with Crippen molar-refractivity contribution in [3.05, 3.63) is 29.6 Å². The standard InChI is InChI=1S/C7H5BF4O2.C6H14O2/c9-6-3-4(7(10,11)12)1-2-5(6)8(13)14;1-5(2,7)6(3,4)8/h1-3,13-14H;7-8H,1-4H3. The predicted octanol–water partition coefficient (Wildman–Crippen LogP) is 1.05. The minimum atomic E-state index is -4.64. The molecule has 1 aromatic carbocycles. The lowest BCUT2D eigenvalue weighted by atomic mass is 9.79. The Hall–Kier alpha value is -1.16. The maximum atomic E-state index is 12.8. The van der Waals surface area contributed by atoms with Gasteiger partial charge in [0, 0.05) is 5.46 Å². The lowest BCUT2D eigenvalue weighted by Crippen LogP contribution is -2.44. The number of benzene rings is 1. The summed E-state index contributed by atoms with van der Waals surface area (Å²) in [4.78, 5) is 0. The van der Waals surface area contributed by atoms with Crippen molar-refractivity contribution < 1.29 is 37.8 Å². The van der Waals surface area contributed by atoms with E-state index in [0.717, 1.165) is 0 Å². The van der Waals surface area contributed by atoms with Crippen LogP contribution >= 0.6 is 0 Å². The van der Waals surface area contributed by atoms with Crippen molar-refractivity contribution in [3.8, 4) is 0 Å². The highest BCUT2D eigenvalue weighted by Gasteiger charge is 2.32. The number of rotatable bonds is 2. The minimum absolute atomic E-state index is 0.217. The molecule has 4 N–H and O–H groups in total. The highest BCUT2D eigenvalue weighted by atomic mass is 19.4. The quantitative estimate of drug-likeness (QED) is 0.484. The van der Waals surface area contributed by atoms with Crippen LogP contribution in [-0.2, 0) is 6.18 Å². The van der Waals surface area contributed by atoms with Gasteiger partial charge in [-0.1, -0.05) is 12.1 Å². The molecular formula is C13H19BF4O4. The first-order valence-corrected chi connectivity index (χ1v) is 6.25. The van der Waals surface area contributed by atoms with Crippen molar-refractivity contribution in [2.75, 3.05) is 0 Å². The van der Waals surface area contributed by atoms with Gasteiger partial charge in [0.15, 0.2) is 0 Å². The van der Waals surface area contributed by atoms with Gasteiger partial charge < -0.3 is 20.3 Å². The van der Waals surface area contributed by atoms with Crippen molar-refractivity contribution in [2.45, 2.75) is 45.1 Å². The molecule has 126 valence electrons. The Balaban J connectivity index is 0.000000472. The van der Waals surface area contributed by atoms with E-state index in [4.69, 9.17) is 20.3 Å². The van der Waals surface area contributed by atoms with Crippen LogP contribution in [0.3, 0.4) is 0 Å². The van der Waals surface area contributed by atoms with E-state index in [-0.39, 0.29) is 6.07 Å². The van der Waals surface area contributed by atoms with Crippen LogP contribution in [0, 0.1) is 5.82 Å². The average Bonchev–Trinajstić information content (AvgIpc) is 2.25. The second kappa shape index (κ2) is 6.95. The van der Waals surface area contributed by atoms with Crippen LogP contribution in [0.1, 0.15) is 33.3 Å². The summed E-state index contributed by atoms with van der Waals surface area (Å²) < 4.78 is 48.8. The van der Waals surface area contributed by atoms with E-state index in [2.05, 4.69) is 0 Å². The Morgan fingerprint density at radius 2 is 1.32 bits per heavy atom. The molecule has 0 aliphatic heterocycles. The molecule has 0 saturated carbocycles. The van der Waals surface area contributed by atoms with Gasteiger partial charge in [-0.05, 0) is 33.8 Å². The molecule has 0 aliphatic carbocycles. The van der Waals surface area contributed by atoms with Gasteiger partial charge in [0.25, 0.3) is 0 Å². The summed E-state index contributed by atoms with van der Waals surface area (Å²) in [7, 11) is -2.11. The lowest BCUT2D eigenvalue weighted by Gasteiger charge is -2.31. The Kier molecular flexibility index (Phi) is 6.58. The zero-order valence-electron chi connectivity index (χ0n) is 12.6. The fourth-order valence-electron chi connectivity index (χ4n) is 0.913. The van der Waals surface area contributed by atoms with Gasteiger partial charge in [-0.3, -0.25) is 0 Å². The van der Waals surface area contributed by atoms with Crippen molar-refractivity contribution in [2.24, 2.45) is 0 Å². The van der Waals surface area contributed by atoms with Crippen LogP contribution in [-0.4, -0.2) is 38.6 Å². The molecule has 0 spiro atoms. The van der Waals surface area contributed by atoms with E-state index >= 15 is 0 Å². The molecule has 0 saturated heterocycles. The third-order valence-electron chi connectivity index (χ3n) is 3.10. The van der Waals surface area contributed by atoms with Gasteiger partial charge in [0.05, 0.1) is 16.8 Å². The molecule has 0 unspecified atom stereocenters. The van der Waals surface area contributed by atoms with Crippen LogP contribution in [0.5, 0.6) is 0 Å². The van der Waals surface area contributed by atoms with Crippen LogP contribution in [0.15, 0.2) is 18.2 Å². The number of halogens is 4. The smallest absolute Gasteiger partial charge is 0.423 e. The first-order valence-electron chi connectivity index (χ1n) is 6.25. The second-order valence-corrected chi connectivity index (χ2v) is 5.73. The first-order chi connectivity index (χ1) is 9.57. The zero-order chi connectivity index (χ0) is 17.9. The first kappa shape index (κ1) is 20.8.